The quantitative estimate of drug-likeness (QED) is 0.836. The van der Waals surface area contributed by atoms with Crippen molar-refractivity contribution in [3.05, 3.63) is 29.3 Å². The monoisotopic (exact) mass is 253 g/mol. The number of hydrogen-bond acceptors (Lipinski definition) is 3. The van der Waals surface area contributed by atoms with Gasteiger partial charge in [0.15, 0.2) is 0 Å². The lowest BCUT2D eigenvalue weighted by Crippen LogP contribution is -2.33. The molecule has 1 aromatic rings. The molecule has 1 aromatic carbocycles. The zero-order chi connectivity index (χ0) is 13.0. The summed E-state index contributed by atoms with van der Waals surface area (Å²) >= 11 is 1.61. The maximum atomic E-state index is 12.2. The number of benzene rings is 1. The van der Waals surface area contributed by atoms with Crippen LogP contribution in [-0.2, 0) is 0 Å². The first-order valence-corrected chi connectivity index (χ1v) is 6.76. The Morgan fingerprint density at radius 2 is 2.18 bits per heavy atom. The number of likely N-dealkylation sites (N-methyl/N-ethyl adjacent to an activating group) is 1. The van der Waals surface area contributed by atoms with E-state index in [-0.39, 0.29) is 5.91 Å². The van der Waals surface area contributed by atoms with Crippen LogP contribution in [0.25, 0.3) is 0 Å². The van der Waals surface area contributed by atoms with E-state index in [9.17, 15) is 9.90 Å². The van der Waals surface area contributed by atoms with Crippen LogP contribution in [0.2, 0.25) is 0 Å². The van der Waals surface area contributed by atoms with Crippen molar-refractivity contribution in [1.82, 2.24) is 4.90 Å². The molecular weight excluding hydrogens is 234 g/mol. The van der Waals surface area contributed by atoms with E-state index in [4.69, 9.17) is 0 Å². The third-order valence-electron chi connectivity index (χ3n) is 2.56. The van der Waals surface area contributed by atoms with E-state index in [1.54, 1.807) is 30.6 Å². The molecule has 1 atom stereocenters. The van der Waals surface area contributed by atoms with Crippen molar-refractivity contribution in [1.29, 1.82) is 0 Å². The molecule has 0 fully saturated rings. The van der Waals surface area contributed by atoms with Gasteiger partial charge < -0.3 is 10.0 Å². The Morgan fingerprint density at radius 1 is 1.53 bits per heavy atom. The van der Waals surface area contributed by atoms with Crippen molar-refractivity contribution in [2.75, 3.05) is 19.8 Å². The second-order valence-corrected chi connectivity index (χ2v) is 5.10. The number of aliphatic hydroxyl groups excluding tert-OH is 1. The van der Waals surface area contributed by atoms with Gasteiger partial charge in [-0.05, 0) is 37.8 Å². The Kier molecular flexibility index (Phi) is 5.02. The van der Waals surface area contributed by atoms with E-state index >= 15 is 0 Å². The summed E-state index contributed by atoms with van der Waals surface area (Å²) in [5, 5.41) is 9.29. The molecule has 94 valence electrons. The van der Waals surface area contributed by atoms with Gasteiger partial charge in [0.2, 0.25) is 0 Å². The predicted molar refractivity (Wildman–Crippen MR) is 71.6 cm³/mol. The van der Waals surface area contributed by atoms with Crippen LogP contribution < -0.4 is 0 Å². The predicted octanol–water partition coefficient (Wildman–Crippen LogP) is 2.17. The van der Waals surface area contributed by atoms with Crippen LogP contribution in [-0.4, -0.2) is 41.9 Å². The molecule has 0 aliphatic carbocycles. The summed E-state index contributed by atoms with van der Waals surface area (Å²) in [6.07, 6.45) is 1.48. The zero-order valence-electron chi connectivity index (χ0n) is 10.7. The van der Waals surface area contributed by atoms with E-state index in [0.29, 0.717) is 12.1 Å². The molecular formula is C13H19NO2S. The minimum Gasteiger partial charge on any atom is -0.392 e. The van der Waals surface area contributed by atoms with Crippen molar-refractivity contribution in [3.8, 4) is 0 Å². The van der Waals surface area contributed by atoms with Gasteiger partial charge in [0.1, 0.15) is 0 Å². The van der Waals surface area contributed by atoms with Crippen molar-refractivity contribution in [3.63, 3.8) is 0 Å². The van der Waals surface area contributed by atoms with Crippen molar-refractivity contribution < 1.29 is 9.90 Å². The van der Waals surface area contributed by atoms with E-state index < -0.39 is 6.10 Å². The molecule has 0 spiro atoms. The third-order valence-corrected chi connectivity index (χ3v) is 3.29. The van der Waals surface area contributed by atoms with Crippen LogP contribution in [0.3, 0.4) is 0 Å². The van der Waals surface area contributed by atoms with Gasteiger partial charge in [-0.25, -0.2) is 0 Å². The van der Waals surface area contributed by atoms with Crippen LogP contribution in [0.4, 0.5) is 0 Å². The van der Waals surface area contributed by atoms with Crippen LogP contribution >= 0.6 is 11.8 Å². The molecule has 1 rings (SSSR count). The topological polar surface area (TPSA) is 40.5 Å². The maximum Gasteiger partial charge on any atom is 0.253 e. The molecule has 0 saturated carbocycles. The largest absolute Gasteiger partial charge is 0.392 e. The highest BCUT2D eigenvalue weighted by Gasteiger charge is 2.15. The number of aliphatic hydroxyl groups is 1. The fraction of sp³-hybridized carbons (Fsp3) is 0.462. The number of carbonyl (C=O) groups excluding carboxylic acids is 1. The smallest absolute Gasteiger partial charge is 0.253 e. The summed E-state index contributed by atoms with van der Waals surface area (Å²) < 4.78 is 0. The Labute approximate surface area is 107 Å². The van der Waals surface area contributed by atoms with Gasteiger partial charge in [-0.2, -0.15) is 0 Å². The molecule has 1 unspecified atom stereocenters. The Hall–Kier alpha value is -1.00. The molecule has 1 amide bonds. The molecule has 0 heterocycles. The molecule has 1 N–H and O–H groups in total. The lowest BCUT2D eigenvalue weighted by molar-refractivity contribution is 0.0702. The van der Waals surface area contributed by atoms with Gasteiger partial charge in [-0.15, -0.1) is 11.8 Å². The van der Waals surface area contributed by atoms with Gasteiger partial charge in [-0.1, -0.05) is 6.07 Å². The maximum absolute atomic E-state index is 12.2. The SMILES string of the molecule is CSc1ccc(C)c(C(=O)N(C)CC(C)O)c1. The number of hydrogen-bond donors (Lipinski definition) is 1. The highest BCUT2D eigenvalue weighted by atomic mass is 32.2. The lowest BCUT2D eigenvalue weighted by Gasteiger charge is -2.20. The van der Waals surface area contributed by atoms with Crippen LogP contribution in [0.1, 0.15) is 22.8 Å². The van der Waals surface area contributed by atoms with E-state index in [2.05, 4.69) is 0 Å². The molecule has 0 radical (unpaired) electrons. The zero-order valence-corrected chi connectivity index (χ0v) is 11.5. The Balaban J connectivity index is 2.94. The van der Waals surface area contributed by atoms with E-state index in [1.165, 1.54) is 0 Å². The molecule has 0 bridgehead atoms. The first-order valence-electron chi connectivity index (χ1n) is 5.54. The number of aryl methyl sites for hydroxylation is 1. The number of carbonyl (C=O) groups is 1. The van der Waals surface area contributed by atoms with Crippen molar-refractivity contribution in [2.24, 2.45) is 0 Å². The normalized spacial score (nSPS) is 12.3. The molecule has 17 heavy (non-hydrogen) atoms. The summed E-state index contributed by atoms with van der Waals surface area (Å²) in [5.74, 6) is -0.0423. The number of nitrogens with zero attached hydrogens (tertiary/aromatic N) is 1. The van der Waals surface area contributed by atoms with Crippen molar-refractivity contribution >= 4 is 17.7 Å². The number of rotatable bonds is 4. The molecule has 0 aliphatic heterocycles. The van der Waals surface area contributed by atoms with Gasteiger partial charge >= 0.3 is 0 Å². The summed E-state index contributed by atoms with van der Waals surface area (Å²) in [4.78, 5) is 14.8. The fourth-order valence-corrected chi connectivity index (χ4v) is 2.08. The molecule has 0 aliphatic rings. The van der Waals surface area contributed by atoms with E-state index in [1.807, 2.05) is 31.4 Å². The fourth-order valence-electron chi connectivity index (χ4n) is 1.64. The van der Waals surface area contributed by atoms with Gasteiger partial charge in [0.25, 0.3) is 5.91 Å². The summed E-state index contributed by atoms with van der Waals surface area (Å²) in [5.41, 5.74) is 1.67. The van der Waals surface area contributed by atoms with E-state index in [0.717, 1.165) is 10.5 Å². The van der Waals surface area contributed by atoms with Crippen LogP contribution in [0, 0.1) is 6.92 Å². The molecule has 0 aromatic heterocycles. The number of amides is 1. The second kappa shape index (κ2) is 6.07. The van der Waals surface area contributed by atoms with Gasteiger partial charge in [0.05, 0.1) is 6.10 Å². The highest BCUT2D eigenvalue weighted by Crippen LogP contribution is 2.20. The lowest BCUT2D eigenvalue weighted by atomic mass is 10.1. The molecule has 3 nitrogen and oxygen atoms in total. The average Bonchev–Trinajstić information content (AvgIpc) is 2.28. The standard InChI is InChI=1S/C13H19NO2S/c1-9-5-6-11(17-4)7-12(9)13(16)14(3)8-10(2)15/h5-7,10,15H,8H2,1-4H3. The van der Waals surface area contributed by atoms with Crippen molar-refractivity contribution in [2.45, 2.75) is 24.8 Å². The summed E-state index contributed by atoms with van der Waals surface area (Å²) in [6, 6.07) is 5.86. The first-order chi connectivity index (χ1) is 7.95. The number of thioether (sulfide) groups is 1. The summed E-state index contributed by atoms with van der Waals surface area (Å²) in [6.45, 7) is 3.95. The second-order valence-electron chi connectivity index (χ2n) is 4.22. The summed E-state index contributed by atoms with van der Waals surface area (Å²) in [7, 11) is 1.71. The minimum atomic E-state index is -0.506. The minimum absolute atomic E-state index is 0.0423. The highest BCUT2D eigenvalue weighted by molar-refractivity contribution is 7.98. The Bertz CT molecular complexity index is 404. The van der Waals surface area contributed by atoms with Crippen LogP contribution in [0.5, 0.6) is 0 Å². The average molecular weight is 253 g/mol. The van der Waals surface area contributed by atoms with Gasteiger partial charge in [0, 0.05) is 24.1 Å². The molecule has 4 heteroatoms. The molecule has 0 saturated heterocycles. The van der Waals surface area contributed by atoms with Crippen LogP contribution in [0.15, 0.2) is 23.1 Å². The first kappa shape index (κ1) is 14.1. The third kappa shape index (κ3) is 3.75. The Morgan fingerprint density at radius 3 is 2.71 bits per heavy atom. The van der Waals surface area contributed by atoms with Gasteiger partial charge in [-0.3, -0.25) is 4.79 Å².